The number of ether oxygens (including phenoxy) is 1. The Morgan fingerprint density at radius 3 is 2.77 bits per heavy atom. The number of para-hydroxylation sites is 1. The molecule has 0 bridgehead atoms. The largest absolute Gasteiger partial charge is 0.487 e. The van der Waals surface area contributed by atoms with Crippen LogP contribution < -0.4 is 10.5 Å². The first-order valence-corrected chi connectivity index (χ1v) is 8.18. The van der Waals surface area contributed by atoms with Crippen molar-refractivity contribution < 1.29 is 4.74 Å². The molecule has 1 aromatic heterocycles. The molecular formula is C18H25N3O. The summed E-state index contributed by atoms with van der Waals surface area (Å²) in [4.78, 5) is 0. The Labute approximate surface area is 132 Å². The monoisotopic (exact) mass is 299 g/mol. The van der Waals surface area contributed by atoms with Crippen LogP contribution >= 0.6 is 0 Å². The fourth-order valence-corrected chi connectivity index (χ4v) is 3.35. The maximum absolute atomic E-state index is 6.00. The molecule has 22 heavy (non-hydrogen) atoms. The lowest BCUT2D eigenvalue weighted by atomic mass is 9.85. The lowest BCUT2D eigenvalue weighted by molar-refractivity contribution is 0.297. The first-order valence-electron chi connectivity index (χ1n) is 8.18. The predicted molar refractivity (Wildman–Crippen MR) is 88.1 cm³/mol. The van der Waals surface area contributed by atoms with Gasteiger partial charge in [0.2, 0.25) is 0 Å². The first kappa shape index (κ1) is 15.1. The fraction of sp³-hybridized carbons (Fsp3) is 0.500. The van der Waals surface area contributed by atoms with Gasteiger partial charge in [-0.1, -0.05) is 18.2 Å². The molecule has 118 valence electrons. The molecule has 0 aliphatic heterocycles. The van der Waals surface area contributed by atoms with Crippen molar-refractivity contribution >= 4 is 0 Å². The minimum Gasteiger partial charge on any atom is -0.487 e. The molecule has 1 unspecified atom stereocenters. The molecule has 0 fully saturated rings. The van der Waals surface area contributed by atoms with Crippen LogP contribution in [0.15, 0.2) is 30.3 Å². The van der Waals surface area contributed by atoms with Crippen LogP contribution in [-0.2, 0) is 13.0 Å². The van der Waals surface area contributed by atoms with E-state index >= 15 is 0 Å². The van der Waals surface area contributed by atoms with E-state index in [1.165, 1.54) is 17.7 Å². The number of benzene rings is 1. The van der Waals surface area contributed by atoms with Gasteiger partial charge in [0.1, 0.15) is 18.1 Å². The van der Waals surface area contributed by atoms with Gasteiger partial charge in [0.15, 0.2) is 0 Å². The van der Waals surface area contributed by atoms with Crippen LogP contribution in [0.25, 0.3) is 0 Å². The zero-order chi connectivity index (χ0) is 15.5. The highest BCUT2D eigenvalue weighted by molar-refractivity contribution is 5.34. The van der Waals surface area contributed by atoms with E-state index in [1.807, 2.05) is 30.3 Å². The van der Waals surface area contributed by atoms with Gasteiger partial charge in [-0.25, -0.2) is 0 Å². The molecule has 1 heterocycles. The van der Waals surface area contributed by atoms with Gasteiger partial charge in [-0.15, -0.1) is 0 Å². The topological polar surface area (TPSA) is 53.1 Å². The summed E-state index contributed by atoms with van der Waals surface area (Å²) < 4.78 is 8.09. The fourth-order valence-electron chi connectivity index (χ4n) is 3.35. The summed E-state index contributed by atoms with van der Waals surface area (Å²) in [6.45, 7) is 5.57. The number of hydrogen-bond acceptors (Lipinski definition) is 3. The first-order chi connectivity index (χ1) is 10.7. The molecule has 0 amide bonds. The number of nitrogens with zero attached hydrogens (tertiary/aromatic N) is 2. The molecule has 1 aliphatic carbocycles. The lowest BCUT2D eigenvalue weighted by Gasteiger charge is -2.23. The van der Waals surface area contributed by atoms with Gasteiger partial charge < -0.3 is 10.5 Å². The van der Waals surface area contributed by atoms with Gasteiger partial charge >= 0.3 is 0 Å². The zero-order valence-corrected chi connectivity index (χ0v) is 13.5. The highest BCUT2D eigenvalue weighted by Gasteiger charge is 2.28. The Balaban J connectivity index is 1.90. The molecule has 1 aromatic carbocycles. The standard InChI is InChI=1S/C18H25N3O/c1-13(2)21-17-10-6-7-14(11-19)18(17)16(20-21)12-22-15-8-4-3-5-9-15/h3-5,8-9,13-14H,6-7,10-12,19H2,1-2H3. The van der Waals surface area contributed by atoms with Crippen LogP contribution in [0.2, 0.25) is 0 Å². The smallest absolute Gasteiger partial charge is 0.132 e. The van der Waals surface area contributed by atoms with Crippen LogP contribution in [0, 0.1) is 0 Å². The van der Waals surface area contributed by atoms with Crippen molar-refractivity contribution in [1.82, 2.24) is 9.78 Å². The molecule has 1 aliphatic rings. The van der Waals surface area contributed by atoms with E-state index in [0.717, 1.165) is 24.3 Å². The van der Waals surface area contributed by atoms with Crippen LogP contribution in [-0.4, -0.2) is 16.3 Å². The number of fused-ring (bicyclic) bond motifs is 1. The molecule has 3 rings (SSSR count). The summed E-state index contributed by atoms with van der Waals surface area (Å²) in [5, 5.41) is 4.84. The number of rotatable bonds is 5. The van der Waals surface area contributed by atoms with Gasteiger partial charge in [-0.05, 0) is 57.7 Å². The van der Waals surface area contributed by atoms with E-state index in [1.54, 1.807) is 0 Å². The number of hydrogen-bond donors (Lipinski definition) is 1. The minimum atomic E-state index is 0.371. The van der Waals surface area contributed by atoms with E-state index in [0.29, 0.717) is 25.1 Å². The lowest BCUT2D eigenvalue weighted by Crippen LogP contribution is -2.20. The van der Waals surface area contributed by atoms with E-state index in [2.05, 4.69) is 18.5 Å². The second-order valence-corrected chi connectivity index (χ2v) is 6.27. The van der Waals surface area contributed by atoms with Crippen molar-refractivity contribution in [2.24, 2.45) is 5.73 Å². The van der Waals surface area contributed by atoms with Crippen molar-refractivity contribution in [3.63, 3.8) is 0 Å². The molecule has 2 aromatic rings. The number of nitrogens with two attached hydrogens (primary N) is 1. The molecule has 4 heteroatoms. The molecular weight excluding hydrogens is 274 g/mol. The second kappa shape index (κ2) is 6.53. The van der Waals surface area contributed by atoms with E-state index < -0.39 is 0 Å². The highest BCUT2D eigenvalue weighted by Crippen LogP contribution is 2.35. The summed E-state index contributed by atoms with van der Waals surface area (Å²) in [5.41, 5.74) is 9.77. The molecule has 1 atom stereocenters. The minimum absolute atomic E-state index is 0.371. The van der Waals surface area contributed by atoms with Gasteiger partial charge in [-0.3, -0.25) is 4.68 Å². The normalized spacial score (nSPS) is 17.5. The summed E-state index contributed by atoms with van der Waals surface area (Å²) >= 11 is 0. The molecule has 4 nitrogen and oxygen atoms in total. The molecule has 2 N–H and O–H groups in total. The van der Waals surface area contributed by atoms with Crippen molar-refractivity contribution in [2.45, 2.75) is 51.7 Å². The maximum atomic E-state index is 6.00. The molecule has 0 saturated heterocycles. The average molecular weight is 299 g/mol. The van der Waals surface area contributed by atoms with Crippen LogP contribution in [0.5, 0.6) is 5.75 Å². The highest BCUT2D eigenvalue weighted by atomic mass is 16.5. The van der Waals surface area contributed by atoms with Gasteiger partial charge in [0.25, 0.3) is 0 Å². The quantitative estimate of drug-likeness (QED) is 0.920. The Kier molecular flexibility index (Phi) is 4.48. The van der Waals surface area contributed by atoms with Gasteiger partial charge in [-0.2, -0.15) is 5.10 Å². The van der Waals surface area contributed by atoms with E-state index in [4.69, 9.17) is 15.6 Å². The third-order valence-electron chi connectivity index (χ3n) is 4.39. The predicted octanol–water partition coefficient (Wildman–Crippen LogP) is 3.42. The third kappa shape index (κ3) is 2.88. The van der Waals surface area contributed by atoms with E-state index in [9.17, 15) is 0 Å². The maximum Gasteiger partial charge on any atom is 0.132 e. The second-order valence-electron chi connectivity index (χ2n) is 6.27. The summed E-state index contributed by atoms with van der Waals surface area (Å²) in [6, 6.07) is 10.3. The molecule has 0 radical (unpaired) electrons. The zero-order valence-electron chi connectivity index (χ0n) is 13.5. The average Bonchev–Trinajstić information content (AvgIpc) is 2.93. The Morgan fingerprint density at radius 1 is 1.32 bits per heavy atom. The summed E-state index contributed by atoms with van der Waals surface area (Å²) in [6.07, 6.45) is 3.46. The van der Waals surface area contributed by atoms with Crippen molar-refractivity contribution in [3.05, 3.63) is 47.3 Å². The Bertz CT molecular complexity index is 619. The summed E-state index contributed by atoms with van der Waals surface area (Å²) in [5.74, 6) is 1.31. The Hall–Kier alpha value is -1.81. The van der Waals surface area contributed by atoms with E-state index in [-0.39, 0.29) is 0 Å². The summed E-state index contributed by atoms with van der Waals surface area (Å²) in [7, 11) is 0. The third-order valence-corrected chi connectivity index (χ3v) is 4.39. The Morgan fingerprint density at radius 2 is 2.09 bits per heavy atom. The van der Waals surface area contributed by atoms with Crippen molar-refractivity contribution in [3.8, 4) is 5.75 Å². The van der Waals surface area contributed by atoms with Crippen molar-refractivity contribution in [2.75, 3.05) is 6.54 Å². The van der Waals surface area contributed by atoms with Crippen LogP contribution in [0.4, 0.5) is 0 Å². The number of aromatic nitrogens is 2. The van der Waals surface area contributed by atoms with Crippen molar-refractivity contribution in [1.29, 1.82) is 0 Å². The van der Waals surface area contributed by atoms with Gasteiger partial charge in [0.05, 0.1) is 0 Å². The molecule has 0 spiro atoms. The molecule has 0 saturated carbocycles. The van der Waals surface area contributed by atoms with Gasteiger partial charge in [0, 0.05) is 17.3 Å². The van der Waals surface area contributed by atoms with Crippen LogP contribution in [0.1, 0.15) is 55.6 Å². The van der Waals surface area contributed by atoms with Crippen LogP contribution in [0.3, 0.4) is 0 Å². The SMILES string of the molecule is CC(C)n1nc(COc2ccccc2)c2c1CCCC2CN.